The Balaban J connectivity index is 2.03. The van der Waals surface area contributed by atoms with Crippen LogP contribution in [0.15, 0.2) is 22.8 Å². The van der Waals surface area contributed by atoms with E-state index in [1.165, 1.54) is 6.26 Å². The third-order valence-electron chi connectivity index (χ3n) is 3.10. The first-order valence-corrected chi connectivity index (χ1v) is 6.32. The van der Waals surface area contributed by atoms with Gasteiger partial charge in [-0.05, 0) is 18.6 Å². The van der Waals surface area contributed by atoms with Crippen LogP contribution in [0, 0.1) is 5.92 Å². The summed E-state index contributed by atoms with van der Waals surface area (Å²) in [6, 6.07) is 2.88. The number of nitrogens with zero attached hydrogens (tertiary/aromatic N) is 1. The first-order chi connectivity index (χ1) is 9.13. The zero-order valence-corrected chi connectivity index (χ0v) is 10.7. The number of hydrogen-bond acceptors (Lipinski definition) is 4. The zero-order valence-electron chi connectivity index (χ0n) is 10.7. The van der Waals surface area contributed by atoms with Crippen LogP contribution in [0.5, 0.6) is 0 Å². The second-order valence-electron chi connectivity index (χ2n) is 4.45. The lowest BCUT2D eigenvalue weighted by Gasteiger charge is -2.29. The predicted molar refractivity (Wildman–Crippen MR) is 66.1 cm³/mol. The van der Waals surface area contributed by atoms with E-state index >= 15 is 0 Å². The van der Waals surface area contributed by atoms with Gasteiger partial charge in [-0.1, -0.05) is 13.3 Å². The number of amides is 4. The summed E-state index contributed by atoms with van der Waals surface area (Å²) in [6.45, 7) is 2.11. The molecule has 0 bridgehead atoms. The zero-order chi connectivity index (χ0) is 13.8. The summed E-state index contributed by atoms with van der Waals surface area (Å²) in [5.41, 5.74) is 0. The quantitative estimate of drug-likeness (QED) is 0.813. The second kappa shape index (κ2) is 5.69. The van der Waals surface area contributed by atoms with Crippen LogP contribution in [0.3, 0.4) is 0 Å². The molecule has 1 fully saturated rings. The fourth-order valence-corrected chi connectivity index (χ4v) is 2.09. The maximum Gasteiger partial charge on any atom is 0.330 e. The Hall–Kier alpha value is -2.11. The SMILES string of the molecule is CCCC1C(=O)NC(=O)N(CCc2ccco2)C1=O. The van der Waals surface area contributed by atoms with Gasteiger partial charge in [0, 0.05) is 13.0 Å². The normalized spacial score (nSPS) is 19.7. The molecular weight excluding hydrogens is 248 g/mol. The molecule has 1 aromatic rings. The highest BCUT2D eigenvalue weighted by atomic mass is 16.3. The molecule has 6 heteroatoms. The predicted octanol–water partition coefficient (Wildman–Crippen LogP) is 1.32. The number of carbonyl (C=O) groups is 3. The third-order valence-corrected chi connectivity index (χ3v) is 3.10. The first kappa shape index (κ1) is 13.3. The van der Waals surface area contributed by atoms with E-state index in [2.05, 4.69) is 5.32 Å². The second-order valence-corrected chi connectivity index (χ2v) is 4.45. The van der Waals surface area contributed by atoms with Crippen LogP contribution in [0.1, 0.15) is 25.5 Å². The van der Waals surface area contributed by atoms with Gasteiger partial charge in [-0.2, -0.15) is 0 Å². The highest BCUT2D eigenvalue weighted by Gasteiger charge is 2.39. The largest absolute Gasteiger partial charge is 0.469 e. The fraction of sp³-hybridized carbons (Fsp3) is 0.462. The Labute approximate surface area is 110 Å². The van der Waals surface area contributed by atoms with Crippen molar-refractivity contribution in [1.82, 2.24) is 10.2 Å². The van der Waals surface area contributed by atoms with Crippen LogP contribution >= 0.6 is 0 Å². The van der Waals surface area contributed by atoms with Gasteiger partial charge in [-0.15, -0.1) is 0 Å². The fourth-order valence-electron chi connectivity index (χ4n) is 2.09. The molecule has 1 unspecified atom stereocenters. The van der Waals surface area contributed by atoms with Crippen molar-refractivity contribution in [3.8, 4) is 0 Å². The van der Waals surface area contributed by atoms with Gasteiger partial charge in [0.2, 0.25) is 11.8 Å². The van der Waals surface area contributed by atoms with Crippen LogP contribution in [-0.4, -0.2) is 29.3 Å². The van der Waals surface area contributed by atoms with Crippen LogP contribution < -0.4 is 5.32 Å². The molecule has 2 rings (SSSR count). The monoisotopic (exact) mass is 264 g/mol. The Bertz CT molecular complexity index is 481. The maximum atomic E-state index is 12.1. The molecule has 1 saturated heterocycles. The highest BCUT2D eigenvalue weighted by molar-refractivity contribution is 6.16. The van der Waals surface area contributed by atoms with Gasteiger partial charge in [0.05, 0.1) is 6.26 Å². The van der Waals surface area contributed by atoms with Crippen molar-refractivity contribution in [3.05, 3.63) is 24.2 Å². The summed E-state index contributed by atoms with van der Waals surface area (Å²) in [6.07, 6.45) is 3.15. The van der Waals surface area contributed by atoms with Crippen molar-refractivity contribution in [2.75, 3.05) is 6.54 Å². The molecule has 2 heterocycles. The molecule has 1 aliphatic heterocycles. The van der Waals surface area contributed by atoms with Crippen molar-refractivity contribution in [3.63, 3.8) is 0 Å². The van der Waals surface area contributed by atoms with E-state index in [0.29, 0.717) is 25.0 Å². The number of carbonyl (C=O) groups excluding carboxylic acids is 3. The third kappa shape index (κ3) is 2.83. The van der Waals surface area contributed by atoms with E-state index in [1.54, 1.807) is 12.1 Å². The van der Waals surface area contributed by atoms with Crippen molar-refractivity contribution < 1.29 is 18.8 Å². The number of barbiturate groups is 1. The molecule has 1 atom stereocenters. The van der Waals surface area contributed by atoms with Gasteiger partial charge >= 0.3 is 6.03 Å². The molecule has 0 saturated carbocycles. The Morgan fingerprint density at radius 3 is 2.79 bits per heavy atom. The summed E-state index contributed by atoms with van der Waals surface area (Å²) in [5.74, 6) is -0.961. The van der Waals surface area contributed by atoms with E-state index in [0.717, 1.165) is 4.90 Å². The maximum absolute atomic E-state index is 12.1. The molecule has 0 spiro atoms. The Kier molecular flexibility index (Phi) is 3.99. The standard InChI is InChI=1S/C13H16N2O4/c1-2-4-10-11(16)14-13(18)15(12(10)17)7-6-9-5-3-8-19-9/h3,5,8,10H,2,4,6-7H2,1H3,(H,14,16,18). The smallest absolute Gasteiger partial charge is 0.330 e. The van der Waals surface area contributed by atoms with E-state index in [1.807, 2.05) is 6.92 Å². The van der Waals surface area contributed by atoms with Crippen molar-refractivity contribution in [2.45, 2.75) is 26.2 Å². The molecule has 1 N–H and O–H groups in total. The van der Waals surface area contributed by atoms with E-state index in [9.17, 15) is 14.4 Å². The van der Waals surface area contributed by atoms with Gasteiger partial charge in [0.25, 0.3) is 0 Å². The van der Waals surface area contributed by atoms with Crippen LogP contribution in [0.25, 0.3) is 0 Å². The van der Waals surface area contributed by atoms with Crippen LogP contribution in [-0.2, 0) is 16.0 Å². The van der Waals surface area contributed by atoms with Crippen molar-refractivity contribution in [2.24, 2.45) is 5.92 Å². The summed E-state index contributed by atoms with van der Waals surface area (Å²) in [5, 5.41) is 2.22. The van der Waals surface area contributed by atoms with Crippen LogP contribution in [0.2, 0.25) is 0 Å². The van der Waals surface area contributed by atoms with E-state index in [4.69, 9.17) is 4.42 Å². The van der Waals surface area contributed by atoms with E-state index in [-0.39, 0.29) is 6.54 Å². The summed E-state index contributed by atoms with van der Waals surface area (Å²) < 4.78 is 5.15. The first-order valence-electron chi connectivity index (χ1n) is 6.32. The number of furan rings is 1. The van der Waals surface area contributed by atoms with Crippen molar-refractivity contribution >= 4 is 17.8 Å². The minimum Gasteiger partial charge on any atom is -0.469 e. The lowest BCUT2D eigenvalue weighted by molar-refractivity contribution is -0.142. The lowest BCUT2D eigenvalue weighted by atomic mass is 9.99. The minimum atomic E-state index is -0.751. The molecule has 0 radical (unpaired) electrons. The van der Waals surface area contributed by atoms with Gasteiger partial charge in [-0.25, -0.2) is 4.79 Å². The van der Waals surface area contributed by atoms with Gasteiger partial charge in [-0.3, -0.25) is 19.8 Å². The molecule has 19 heavy (non-hydrogen) atoms. The van der Waals surface area contributed by atoms with Gasteiger partial charge < -0.3 is 4.42 Å². The molecule has 1 aliphatic rings. The summed E-state index contributed by atoms with van der Waals surface area (Å²) in [7, 11) is 0. The van der Waals surface area contributed by atoms with Crippen molar-refractivity contribution in [1.29, 1.82) is 0 Å². The van der Waals surface area contributed by atoms with Crippen LogP contribution in [0.4, 0.5) is 4.79 Å². The minimum absolute atomic E-state index is 0.214. The average Bonchev–Trinajstić information content (AvgIpc) is 2.87. The molecule has 6 nitrogen and oxygen atoms in total. The number of hydrogen-bond donors (Lipinski definition) is 1. The number of urea groups is 1. The molecular formula is C13H16N2O4. The molecule has 0 aliphatic carbocycles. The molecule has 102 valence electrons. The molecule has 4 amide bonds. The summed E-state index contributed by atoms with van der Waals surface area (Å²) >= 11 is 0. The summed E-state index contributed by atoms with van der Waals surface area (Å²) in [4.78, 5) is 36.4. The average molecular weight is 264 g/mol. The molecule has 0 aromatic carbocycles. The van der Waals surface area contributed by atoms with E-state index < -0.39 is 23.8 Å². The Morgan fingerprint density at radius 1 is 1.37 bits per heavy atom. The molecule has 1 aromatic heterocycles. The Morgan fingerprint density at radius 2 is 2.16 bits per heavy atom. The number of imide groups is 2. The van der Waals surface area contributed by atoms with Gasteiger partial charge in [0.1, 0.15) is 11.7 Å². The topological polar surface area (TPSA) is 79.6 Å². The lowest BCUT2D eigenvalue weighted by Crippen LogP contribution is -2.58. The van der Waals surface area contributed by atoms with Gasteiger partial charge in [0.15, 0.2) is 0 Å². The number of rotatable bonds is 5. The number of nitrogens with one attached hydrogen (secondary N) is 1. The highest BCUT2D eigenvalue weighted by Crippen LogP contribution is 2.16.